The minimum Gasteiger partial charge on any atom is -0.497 e. The molecular weight excluding hydrogens is 478 g/mol. The number of benzene rings is 2. The first-order valence-corrected chi connectivity index (χ1v) is 13.6. The van der Waals surface area contributed by atoms with Crippen LogP contribution in [0.5, 0.6) is 5.75 Å². The van der Waals surface area contributed by atoms with Gasteiger partial charge in [-0.2, -0.15) is 0 Å². The van der Waals surface area contributed by atoms with E-state index in [4.69, 9.17) is 9.47 Å². The van der Waals surface area contributed by atoms with Crippen LogP contribution in [0.2, 0.25) is 0 Å². The molecule has 3 unspecified atom stereocenters. The van der Waals surface area contributed by atoms with Crippen molar-refractivity contribution in [2.24, 2.45) is 5.92 Å². The first kappa shape index (κ1) is 28.1. The standard InChI is InChI=1S/C31H43N3O4/c1-8-38-30(35)29-26(28-21(3)14-20(2)15-27(28)32-29)19-34(6)24-12-13-31(36,23(16-24)18-33(4)5)22-10-9-11-25(17-22)37-7/h9-11,14-15,17,23-24,32,36H,8,12-13,16,18-19H2,1-7H3. The number of nitrogens with one attached hydrogen (secondary N) is 1. The highest BCUT2D eigenvalue weighted by Crippen LogP contribution is 2.44. The van der Waals surface area contributed by atoms with Gasteiger partial charge in [0.1, 0.15) is 11.4 Å². The number of methoxy groups -OCH3 is 1. The largest absolute Gasteiger partial charge is 0.497 e. The number of aliphatic hydroxyl groups is 1. The van der Waals surface area contributed by atoms with Crippen molar-refractivity contribution in [3.8, 4) is 5.75 Å². The number of aromatic nitrogens is 1. The van der Waals surface area contributed by atoms with Gasteiger partial charge >= 0.3 is 5.97 Å². The molecule has 206 valence electrons. The molecular formula is C31H43N3O4. The highest BCUT2D eigenvalue weighted by Gasteiger charge is 2.44. The van der Waals surface area contributed by atoms with Crippen LogP contribution in [0.25, 0.3) is 10.9 Å². The van der Waals surface area contributed by atoms with Crippen LogP contribution in [0.3, 0.4) is 0 Å². The summed E-state index contributed by atoms with van der Waals surface area (Å²) in [5.41, 5.74) is 4.78. The van der Waals surface area contributed by atoms with E-state index >= 15 is 0 Å². The van der Waals surface area contributed by atoms with E-state index in [0.29, 0.717) is 25.3 Å². The fraction of sp³-hybridized carbons (Fsp3) is 0.516. The molecule has 1 aliphatic rings. The maximum Gasteiger partial charge on any atom is 0.355 e. The maximum atomic E-state index is 12.9. The number of rotatable bonds is 9. The first-order chi connectivity index (χ1) is 18.1. The zero-order chi connectivity index (χ0) is 27.6. The predicted molar refractivity (Wildman–Crippen MR) is 152 cm³/mol. The van der Waals surface area contributed by atoms with Crippen molar-refractivity contribution in [3.63, 3.8) is 0 Å². The lowest BCUT2D eigenvalue weighted by Crippen LogP contribution is -2.49. The lowest BCUT2D eigenvalue weighted by molar-refractivity contribution is -0.0811. The average molecular weight is 522 g/mol. The van der Waals surface area contributed by atoms with E-state index in [1.54, 1.807) is 7.11 Å². The van der Waals surface area contributed by atoms with E-state index in [9.17, 15) is 9.90 Å². The van der Waals surface area contributed by atoms with Crippen molar-refractivity contribution < 1.29 is 19.4 Å². The molecule has 0 bridgehead atoms. The van der Waals surface area contributed by atoms with Gasteiger partial charge in [0, 0.05) is 41.5 Å². The zero-order valence-corrected chi connectivity index (χ0v) is 23.9. The molecule has 2 aromatic carbocycles. The zero-order valence-electron chi connectivity index (χ0n) is 23.9. The third-order valence-corrected chi connectivity index (χ3v) is 8.10. The van der Waals surface area contributed by atoms with Crippen LogP contribution in [-0.4, -0.2) is 73.3 Å². The number of ether oxygens (including phenoxy) is 2. The maximum absolute atomic E-state index is 12.9. The number of carbonyl (C=O) groups is 1. The molecule has 4 rings (SSSR count). The van der Waals surface area contributed by atoms with E-state index in [-0.39, 0.29) is 17.9 Å². The Balaban J connectivity index is 1.64. The van der Waals surface area contributed by atoms with Crippen LogP contribution in [0.15, 0.2) is 36.4 Å². The third-order valence-electron chi connectivity index (χ3n) is 8.10. The van der Waals surface area contributed by atoms with Gasteiger partial charge in [-0.25, -0.2) is 4.79 Å². The molecule has 0 radical (unpaired) electrons. The van der Waals surface area contributed by atoms with Crippen molar-refractivity contribution in [2.75, 3.05) is 41.4 Å². The summed E-state index contributed by atoms with van der Waals surface area (Å²) < 4.78 is 10.9. The summed E-state index contributed by atoms with van der Waals surface area (Å²) in [6.07, 6.45) is 2.35. The predicted octanol–water partition coefficient (Wildman–Crippen LogP) is 5.02. The van der Waals surface area contributed by atoms with Gasteiger partial charge in [0.2, 0.25) is 0 Å². The molecule has 0 saturated heterocycles. The molecule has 3 atom stereocenters. The molecule has 7 nitrogen and oxygen atoms in total. The number of H-pyrrole nitrogens is 1. The SMILES string of the molecule is CCOC(=O)c1[nH]c2cc(C)cc(C)c2c1CN(C)C1CCC(O)(c2cccc(OC)c2)C(CN(C)C)C1. The Morgan fingerprint density at radius 3 is 2.63 bits per heavy atom. The molecule has 0 amide bonds. The Hall–Kier alpha value is -2.87. The number of hydrogen-bond donors (Lipinski definition) is 2. The fourth-order valence-electron chi connectivity index (χ4n) is 6.29. The second kappa shape index (κ2) is 11.5. The van der Waals surface area contributed by atoms with Crippen molar-refractivity contribution in [1.82, 2.24) is 14.8 Å². The molecule has 7 heteroatoms. The van der Waals surface area contributed by atoms with Gasteiger partial charge < -0.3 is 24.5 Å². The fourth-order valence-corrected chi connectivity index (χ4v) is 6.29. The van der Waals surface area contributed by atoms with Gasteiger partial charge in [-0.3, -0.25) is 4.90 Å². The number of aryl methyl sites for hydroxylation is 2. The third kappa shape index (κ3) is 5.60. The Morgan fingerprint density at radius 2 is 1.95 bits per heavy atom. The van der Waals surface area contributed by atoms with Crippen LogP contribution in [0.1, 0.15) is 58.9 Å². The summed E-state index contributed by atoms with van der Waals surface area (Å²) in [4.78, 5) is 20.8. The monoisotopic (exact) mass is 521 g/mol. The van der Waals surface area contributed by atoms with Crippen molar-refractivity contribution in [1.29, 1.82) is 0 Å². The highest BCUT2D eigenvalue weighted by molar-refractivity contribution is 5.99. The number of nitrogens with zero attached hydrogens (tertiary/aromatic N) is 2. The highest BCUT2D eigenvalue weighted by atomic mass is 16.5. The Bertz CT molecular complexity index is 1280. The van der Waals surface area contributed by atoms with Crippen LogP contribution in [0, 0.1) is 19.8 Å². The molecule has 2 N–H and O–H groups in total. The molecule has 0 spiro atoms. The summed E-state index contributed by atoms with van der Waals surface area (Å²) >= 11 is 0. The van der Waals surface area contributed by atoms with E-state index in [0.717, 1.165) is 58.3 Å². The van der Waals surface area contributed by atoms with Crippen molar-refractivity contribution >= 4 is 16.9 Å². The molecule has 1 aromatic heterocycles. The molecule has 1 aliphatic carbocycles. The number of carbonyl (C=O) groups excluding carboxylic acids is 1. The van der Waals surface area contributed by atoms with Crippen LogP contribution in [-0.2, 0) is 16.9 Å². The average Bonchev–Trinajstić information content (AvgIpc) is 3.23. The summed E-state index contributed by atoms with van der Waals surface area (Å²) in [7, 11) is 7.90. The lowest BCUT2D eigenvalue weighted by Gasteiger charge is -2.46. The van der Waals surface area contributed by atoms with Gasteiger partial charge in [0.25, 0.3) is 0 Å². The molecule has 38 heavy (non-hydrogen) atoms. The minimum absolute atomic E-state index is 0.0442. The van der Waals surface area contributed by atoms with E-state index in [1.807, 2.05) is 31.2 Å². The smallest absolute Gasteiger partial charge is 0.355 e. The van der Waals surface area contributed by atoms with Gasteiger partial charge in [-0.05, 0) is 96.1 Å². The summed E-state index contributed by atoms with van der Waals surface area (Å²) in [6, 6.07) is 12.4. The lowest BCUT2D eigenvalue weighted by atomic mass is 9.69. The topological polar surface area (TPSA) is 78.0 Å². The van der Waals surface area contributed by atoms with Gasteiger partial charge in [-0.1, -0.05) is 18.2 Å². The van der Waals surface area contributed by atoms with Gasteiger partial charge in [0.05, 0.1) is 19.3 Å². The number of hydrogen-bond acceptors (Lipinski definition) is 6. The van der Waals surface area contributed by atoms with Crippen molar-refractivity contribution in [3.05, 3.63) is 64.3 Å². The second-order valence-corrected chi connectivity index (χ2v) is 11.2. The van der Waals surface area contributed by atoms with E-state index in [2.05, 4.69) is 61.9 Å². The normalized spacial score (nSPS) is 21.8. The van der Waals surface area contributed by atoms with Gasteiger partial charge in [-0.15, -0.1) is 0 Å². The molecule has 1 saturated carbocycles. The Kier molecular flexibility index (Phi) is 8.50. The van der Waals surface area contributed by atoms with E-state index in [1.165, 1.54) is 0 Å². The summed E-state index contributed by atoms with van der Waals surface area (Å²) in [5.74, 6) is 0.489. The first-order valence-electron chi connectivity index (χ1n) is 13.6. The van der Waals surface area contributed by atoms with Crippen LogP contribution in [0.4, 0.5) is 0 Å². The minimum atomic E-state index is -0.929. The second-order valence-electron chi connectivity index (χ2n) is 11.2. The van der Waals surface area contributed by atoms with Crippen molar-refractivity contribution in [2.45, 2.75) is 58.2 Å². The molecule has 3 aromatic rings. The number of aromatic amines is 1. The molecule has 0 aliphatic heterocycles. The Morgan fingerprint density at radius 1 is 1.18 bits per heavy atom. The molecule has 1 heterocycles. The van der Waals surface area contributed by atoms with Crippen LogP contribution >= 0.6 is 0 Å². The van der Waals surface area contributed by atoms with Gasteiger partial charge in [0.15, 0.2) is 0 Å². The summed E-state index contributed by atoms with van der Waals surface area (Å²) in [6.45, 7) is 7.73. The summed E-state index contributed by atoms with van der Waals surface area (Å²) in [5, 5.41) is 13.1. The molecule has 1 fully saturated rings. The number of fused-ring (bicyclic) bond motifs is 1. The quantitative estimate of drug-likeness (QED) is 0.385. The van der Waals surface area contributed by atoms with E-state index < -0.39 is 5.60 Å². The van der Waals surface area contributed by atoms with Crippen LogP contribution < -0.4 is 4.74 Å². The Labute approximate surface area is 226 Å². The number of esters is 1.